The van der Waals surface area contributed by atoms with Gasteiger partial charge in [0.1, 0.15) is 12.2 Å². The summed E-state index contributed by atoms with van der Waals surface area (Å²) in [6.45, 7) is 17.2. The van der Waals surface area contributed by atoms with E-state index in [2.05, 4.69) is 72.1 Å². The van der Waals surface area contributed by atoms with Crippen molar-refractivity contribution in [3.63, 3.8) is 0 Å². The average molecular weight is 621 g/mol. The van der Waals surface area contributed by atoms with Crippen molar-refractivity contribution >= 4 is 33.5 Å². The summed E-state index contributed by atoms with van der Waals surface area (Å²) in [6.07, 6.45) is 2.63. The van der Waals surface area contributed by atoms with Gasteiger partial charge in [0.2, 0.25) is 0 Å². The largest absolute Gasteiger partial charge is 0.459 e. The molecule has 242 valence electrons. The van der Waals surface area contributed by atoms with Crippen molar-refractivity contribution in [1.29, 1.82) is 0 Å². The second kappa shape index (κ2) is 11.5. The van der Waals surface area contributed by atoms with Gasteiger partial charge in [0, 0.05) is 47.8 Å². The van der Waals surface area contributed by atoms with Gasteiger partial charge in [-0.3, -0.25) is 0 Å². The molecule has 0 radical (unpaired) electrons. The van der Waals surface area contributed by atoms with Crippen molar-refractivity contribution in [3.8, 4) is 11.1 Å². The van der Waals surface area contributed by atoms with Gasteiger partial charge in [0.05, 0.1) is 11.1 Å². The van der Waals surface area contributed by atoms with E-state index in [9.17, 15) is 9.59 Å². The molecule has 0 bridgehead atoms. The van der Waals surface area contributed by atoms with Crippen LogP contribution in [-0.2, 0) is 9.47 Å². The van der Waals surface area contributed by atoms with Gasteiger partial charge < -0.3 is 20.1 Å². The molecule has 2 N–H and O–H groups in total. The molecule has 4 aromatic rings. The number of rotatable bonds is 5. The van der Waals surface area contributed by atoms with Gasteiger partial charge in [-0.1, -0.05) is 48.5 Å². The maximum absolute atomic E-state index is 13.9. The monoisotopic (exact) mass is 620 g/mol. The molecule has 46 heavy (non-hydrogen) atoms. The fourth-order valence-corrected chi connectivity index (χ4v) is 8.34. The second-order valence-corrected chi connectivity index (χ2v) is 16.1. The number of nitrogens with one attached hydrogen (secondary N) is 2. The van der Waals surface area contributed by atoms with Crippen LogP contribution in [0.2, 0.25) is 0 Å². The predicted molar refractivity (Wildman–Crippen MR) is 186 cm³/mol. The molecule has 2 heterocycles. The zero-order valence-corrected chi connectivity index (χ0v) is 28.5. The standard InChI is InChI=1S/C40H48N2O4/c1-37(2)21-29(22-38(3,4)41-37)45-35(43)27-17-16-25-13-11-15-32(33(25)19-27)28-18-26-12-9-10-14-31(26)34(20-28)36(44)46-30-23-39(5,6)42-40(7,8)24-30/h9-20,29-30,41-42H,21-24H2,1-8H3. The molecule has 4 aromatic carbocycles. The molecule has 2 aliphatic heterocycles. The van der Waals surface area contributed by atoms with E-state index < -0.39 is 0 Å². The van der Waals surface area contributed by atoms with E-state index >= 15 is 0 Å². The minimum absolute atomic E-state index is 0.127. The molecule has 0 amide bonds. The molecular formula is C40H48N2O4. The van der Waals surface area contributed by atoms with E-state index in [1.807, 2.05) is 66.7 Å². The number of carbonyl (C=O) groups excluding carboxylic acids is 2. The molecule has 2 saturated heterocycles. The molecule has 6 heteroatoms. The number of carbonyl (C=O) groups is 2. The van der Waals surface area contributed by atoms with Crippen LogP contribution in [-0.4, -0.2) is 46.3 Å². The van der Waals surface area contributed by atoms with E-state index in [0.717, 1.165) is 58.4 Å². The number of ether oxygens (including phenoxy) is 2. The van der Waals surface area contributed by atoms with Crippen molar-refractivity contribution < 1.29 is 19.1 Å². The number of benzene rings is 4. The van der Waals surface area contributed by atoms with E-state index in [0.29, 0.717) is 11.1 Å². The molecule has 0 unspecified atom stereocenters. The maximum atomic E-state index is 13.9. The van der Waals surface area contributed by atoms with Gasteiger partial charge in [-0.15, -0.1) is 0 Å². The molecule has 2 aliphatic rings. The lowest BCUT2D eigenvalue weighted by molar-refractivity contribution is -0.00756. The Morgan fingerprint density at radius 3 is 1.74 bits per heavy atom. The Morgan fingerprint density at radius 1 is 0.587 bits per heavy atom. The Labute approximate surface area is 273 Å². The summed E-state index contributed by atoms with van der Waals surface area (Å²) in [5.41, 5.74) is 2.38. The highest BCUT2D eigenvalue weighted by Crippen LogP contribution is 2.36. The van der Waals surface area contributed by atoms with Gasteiger partial charge in [0.25, 0.3) is 0 Å². The van der Waals surface area contributed by atoms with Crippen molar-refractivity contribution in [2.45, 2.75) is 115 Å². The van der Waals surface area contributed by atoms with Crippen molar-refractivity contribution in [2.24, 2.45) is 0 Å². The Bertz CT molecular complexity index is 1790. The van der Waals surface area contributed by atoms with E-state index in [1.165, 1.54) is 0 Å². The first-order valence-corrected chi connectivity index (χ1v) is 16.5. The van der Waals surface area contributed by atoms with E-state index in [1.54, 1.807) is 0 Å². The first kappa shape index (κ1) is 32.2. The Balaban J connectivity index is 1.34. The predicted octanol–water partition coefficient (Wildman–Crippen LogP) is 8.59. The zero-order chi connectivity index (χ0) is 33.1. The van der Waals surface area contributed by atoms with Crippen LogP contribution in [0, 0.1) is 0 Å². The summed E-state index contributed by atoms with van der Waals surface area (Å²) in [7, 11) is 0. The number of esters is 2. The molecule has 0 spiro atoms. The lowest BCUT2D eigenvalue weighted by atomic mass is 9.81. The summed E-state index contributed by atoms with van der Waals surface area (Å²) >= 11 is 0. The van der Waals surface area contributed by atoms with Crippen LogP contribution in [0.1, 0.15) is 102 Å². The smallest absolute Gasteiger partial charge is 0.339 e. The van der Waals surface area contributed by atoms with Gasteiger partial charge in [-0.05, 0) is 112 Å². The fourth-order valence-electron chi connectivity index (χ4n) is 8.34. The maximum Gasteiger partial charge on any atom is 0.339 e. The number of hydrogen-bond donors (Lipinski definition) is 2. The number of hydrogen-bond acceptors (Lipinski definition) is 6. The van der Waals surface area contributed by atoms with Crippen LogP contribution in [0.25, 0.3) is 32.7 Å². The molecule has 0 aromatic heterocycles. The summed E-state index contributed by atoms with van der Waals surface area (Å²) in [4.78, 5) is 27.4. The van der Waals surface area contributed by atoms with Crippen LogP contribution < -0.4 is 10.6 Å². The quantitative estimate of drug-likeness (QED) is 0.218. The normalized spacial score (nSPS) is 20.8. The van der Waals surface area contributed by atoms with Crippen LogP contribution in [0.3, 0.4) is 0 Å². The van der Waals surface area contributed by atoms with Gasteiger partial charge in [0.15, 0.2) is 0 Å². The minimum atomic E-state index is -0.314. The van der Waals surface area contributed by atoms with E-state index in [4.69, 9.17) is 9.47 Å². The van der Waals surface area contributed by atoms with Gasteiger partial charge >= 0.3 is 11.9 Å². The highest BCUT2D eigenvalue weighted by molar-refractivity contribution is 6.09. The van der Waals surface area contributed by atoms with Crippen LogP contribution >= 0.6 is 0 Å². The molecule has 6 nitrogen and oxygen atoms in total. The van der Waals surface area contributed by atoms with Gasteiger partial charge in [-0.25, -0.2) is 9.59 Å². The fraction of sp³-hybridized carbons (Fsp3) is 0.450. The molecule has 6 rings (SSSR count). The topological polar surface area (TPSA) is 76.7 Å². The SMILES string of the molecule is CC1(C)CC(OC(=O)c2ccc3cccc(-c4cc(C(=O)OC5CC(C)(C)NC(C)(C)C5)c5ccccc5c4)c3c2)CC(C)(C)N1. The van der Waals surface area contributed by atoms with Crippen LogP contribution in [0.4, 0.5) is 0 Å². The lowest BCUT2D eigenvalue weighted by Gasteiger charge is -2.45. The summed E-state index contributed by atoms with van der Waals surface area (Å²) < 4.78 is 12.4. The average Bonchev–Trinajstić information content (AvgIpc) is 2.92. The Kier molecular flexibility index (Phi) is 8.05. The molecule has 2 fully saturated rings. The molecule has 0 saturated carbocycles. The highest BCUT2D eigenvalue weighted by Gasteiger charge is 2.40. The molecule has 0 atom stereocenters. The third-order valence-electron chi connectivity index (χ3n) is 9.36. The van der Waals surface area contributed by atoms with E-state index in [-0.39, 0.29) is 46.3 Å². The Morgan fingerprint density at radius 2 is 1.13 bits per heavy atom. The first-order valence-electron chi connectivity index (χ1n) is 16.5. The van der Waals surface area contributed by atoms with Crippen LogP contribution in [0.5, 0.6) is 0 Å². The van der Waals surface area contributed by atoms with Crippen molar-refractivity contribution in [3.05, 3.63) is 83.9 Å². The highest BCUT2D eigenvalue weighted by atomic mass is 16.5. The third kappa shape index (κ3) is 6.98. The summed E-state index contributed by atoms with van der Waals surface area (Å²) in [5.74, 6) is -0.625. The summed E-state index contributed by atoms with van der Waals surface area (Å²) in [6, 6.07) is 23.9. The van der Waals surface area contributed by atoms with Gasteiger partial charge in [-0.2, -0.15) is 0 Å². The second-order valence-electron chi connectivity index (χ2n) is 16.1. The zero-order valence-electron chi connectivity index (χ0n) is 28.5. The summed E-state index contributed by atoms with van der Waals surface area (Å²) in [5, 5.41) is 11.1. The first-order chi connectivity index (χ1) is 21.5. The lowest BCUT2D eigenvalue weighted by Crippen LogP contribution is -2.59. The molecular weight excluding hydrogens is 572 g/mol. The minimum Gasteiger partial charge on any atom is -0.459 e. The Hall–Kier alpha value is -3.74. The number of piperidine rings is 2. The van der Waals surface area contributed by atoms with Crippen LogP contribution in [0.15, 0.2) is 72.8 Å². The molecule has 0 aliphatic carbocycles. The van der Waals surface area contributed by atoms with Crippen molar-refractivity contribution in [1.82, 2.24) is 10.6 Å². The van der Waals surface area contributed by atoms with Crippen molar-refractivity contribution in [2.75, 3.05) is 0 Å². The number of fused-ring (bicyclic) bond motifs is 2. The third-order valence-corrected chi connectivity index (χ3v) is 9.36.